The van der Waals surface area contributed by atoms with Gasteiger partial charge in [0.2, 0.25) is 0 Å². The number of halogens is 1. The fraction of sp³-hybridized carbons (Fsp3) is 0.600. The molecule has 1 unspecified atom stereocenters. The van der Waals surface area contributed by atoms with Crippen LogP contribution in [0.25, 0.3) is 0 Å². The molecule has 0 aliphatic carbocycles. The Balaban J connectivity index is 2.61. The van der Waals surface area contributed by atoms with Gasteiger partial charge in [-0.05, 0) is 53.0 Å². The molecule has 3 heteroatoms. The van der Waals surface area contributed by atoms with E-state index < -0.39 is 0 Å². The number of hydrogen-bond donors (Lipinski definition) is 1. The van der Waals surface area contributed by atoms with Crippen molar-refractivity contribution in [1.29, 1.82) is 0 Å². The third-order valence-electron chi connectivity index (χ3n) is 3.54. The van der Waals surface area contributed by atoms with Crippen LogP contribution in [0, 0.1) is 5.92 Å². The van der Waals surface area contributed by atoms with E-state index in [-0.39, 0.29) is 0 Å². The van der Waals surface area contributed by atoms with Crippen molar-refractivity contribution in [2.75, 3.05) is 13.7 Å². The van der Waals surface area contributed by atoms with Crippen molar-refractivity contribution in [2.24, 2.45) is 5.92 Å². The largest absolute Gasteiger partial charge is 0.496 e. The zero-order valence-corrected chi connectivity index (χ0v) is 13.4. The molecule has 1 aromatic carbocycles. The molecule has 0 aliphatic rings. The number of benzene rings is 1. The van der Waals surface area contributed by atoms with Crippen LogP contribution in [0.5, 0.6) is 5.75 Å². The van der Waals surface area contributed by atoms with Gasteiger partial charge in [0.1, 0.15) is 5.75 Å². The Morgan fingerprint density at radius 1 is 1.28 bits per heavy atom. The van der Waals surface area contributed by atoms with Crippen molar-refractivity contribution in [3.05, 3.63) is 28.2 Å². The first-order valence-corrected chi connectivity index (χ1v) is 7.48. The van der Waals surface area contributed by atoms with Gasteiger partial charge < -0.3 is 10.1 Å². The lowest BCUT2D eigenvalue weighted by atomic mass is 10.0. The Kier molecular flexibility index (Phi) is 6.72. The average molecular weight is 314 g/mol. The minimum atomic E-state index is 0.368. The number of ether oxygens (including phenoxy) is 1. The highest BCUT2D eigenvalue weighted by Gasteiger charge is 2.10. The van der Waals surface area contributed by atoms with Crippen LogP contribution in [0.15, 0.2) is 22.7 Å². The topological polar surface area (TPSA) is 21.3 Å². The summed E-state index contributed by atoms with van der Waals surface area (Å²) in [5.74, 6) is 1.65. The second-order valence-corrected chi connectivity index (χ2v) is 5.56. The van der Waals surface area contributed by atoms with Crippen molar-refractivity contribution in [2.45, 2.75) is 39.7 Å². The van der Waals surface area contributed by atoms with E-state index in [0.29, 0.717) is 6.04 Å². The van der Waals surface area contributed by atoms with E-state index in [0.717, 1.165) is 22.7 Å². The molecule has 0 radical (unpaired) electrons. The van der Waals surface area contributed by atoms with Crippen LogP contribution in [0.2, 0.25) is 0 Å². The smallest absolute Gasteiger partial charge is 0.133 e. The Morgan fingerprint density at radius 3 is 2.44 bits per heavy atom. The van der Waals surface area contributed by atoms with Crippen molar-refractivity contribution in [1.82, 2.24) is 5.32 Å². The van der Waals surface area contributed by atoms with Crippen LogP contribution in [0.1, 0.15) is 45.2 Å². The highest BCUT2D eigenvalue weighted by molar-refractivity contribution is 9.10. The first-order chi connectivity index (χ1) is 8.62. The van der Waals surface area contributed by atoms with Crippen molar-refractivity contribution in [3.63, 3.8) is 0 Å². The summed E-state index contributed by atoms with van der Waals surface area (Å²) >= 11 is 3.53. The predicted octanol–water partition coefficient (Wildman–Crippen LogP) is 4.54. The molecule has 0 spiro atoms. The molecule has 0 bridgehead atoms. The summed E-state index contributed by atoms with van der Waals surface area (Å²) in [6, 6.07) is 6.62. The van der Waals surface area contributed by atoms with Crippen molar-refractivity contribution >= 4 is 15.9 Å². The quantitative estimate of drug-likeness (QED) is 0.797. The van der Waals surface area contributed by atoms with Gasteiger partial charge in [0.05, 0.1) is 11.6 Å². The van der Waals surface area contributed by atoms with Gasteiger partial charge in [-0.15, -0.1) is 0 Å². The van der Waals surface area contributed by atoms with Gasteiger partial charge in [0.25, 0.3) is 0 Å². The van der Waals surface area contributed by atoms with E-state index in [9.17, 15) is 0 Å². The normalized spacial score (nSPS) is 12.8. The van der Waals surface area contributed by atoms with Gasteiger partial charge in [0.15, 0.2) is 0 Å². The lowest BCUT2D eigenvalue weighted by molar-refractivity contribution is 0.410. The molecule has 0 heterocycles. The molecule has 1 atom stereocenters. The number of nitrogens with one attached hydrogen (secondary N) is 1. The van der Waals surface area contributed by atoms with E-state index in [1.54, 1.807) is 7.11 Å². The third kappa shape index (κ3) is 4.29. The van der Waals surface area contributed by atoms with Gasteiger partial charge in [-0.1, -0.05) is 32.8 Å². The molecule has 1 aromatic rings. The molecule has 0 fully saturated rings. The van der Waals surface area contributed by atoms with Crippen LogP contribution in [0.3, 0.4) is 0 Å². The van der Waals surface area contributed by atoms with Gasteiger partial charge in [0, 0.05) is 6.04 Å². The van der Waals surface area contributed by atoms with E-state index in [1.807, 2.05) is 6.07 Å². The summed E-state index contributed by atoms with van der Waals surface area (Å²) in [6.45, 7) is 7.80. The maximum Gasteiger partial charge on any atom is 0.133 e. The first-order valence-electron chi connectivity index (χ1n) is 6.69. The monoisotopic (exact) mass is 313 g/mol. The molecule has 0 aromatic heterocycles. The second-order valence-electron chi connectivity index (χ2n) is 4.71. The predicted molar refractivity (Wildman–Crippen MR) is 81.2 cm³/mol. The van der Waals surface area contributed by atoms with E-state index in [2.05, 4.69) is 54.2 Å². The Hall–Kier alpha value is -0.540. The van der Waals surface area contributed by atoms with E-state index >= 15 is 0 Å². The van der Waals surface area contributed by atoms with Crippen LogP contribution in [-0.2, 0) is 0 Å². The summed E-state index contributed by atoms with van der Waals surface area (Å²) in [6.07, 6.45) is 2.48. The molecule has 0 saturated carbocycles. The molecule has 18 heavy (non-hydrogen) atoms. The van der Waals surface area contributed by atoms with Crippen LogP contribution >= 0.6 is 15.9 Å². The maximum absolute atomic E-state index is 5.25. The fourth-order valence-electron chi connectivity index (χ4n) is 1.99. The maximum atomic E-state index is 5.25. The highest BCUT2D eigenvalue weighted by Crippen LogP contribution is 2.28. The summed E-state index contributed by atoms with van der Waals surface area (Å²) in [7, 11) is 1.69. The van der Waals surface area contributed by atoms with Crippen molar-refractivity contribution in [3.8, 4) is 5.75 Å². The Labute approximate surface area is 119 Å². The lowest BCUT2D eigenvalue weighted by Gasteiger charge is -2.19. The fourth-order valence-corrected chi connectivity index (χ4v) is 2.55. The number of methoxy groups -OCH3 is 1. The molecular weight excluding hydrogens is 290 g/mol. The third-order valence-corrected chi connectivity index (χ3v) is 4.16. The second kappa shape index (κ2) is 7.80. The first kappa shape index (κ1) is 15.5. The van der Waals surface area contributed by atoms with E-state index in [4.69, 9.17) is 4.74 Å². The van der Waals surface area contributed by atoms with Gasteiger partial charge in [-0.2, -0.15) is 0 Å². The van der Waals surface area contributed by atoms with Gasteiger partial charge in [-0.25, -0.2) is 0 Å². The van der Waals surface area contributed by atoms with E-state index in [1.165, 1.54) is 18.4 Å². The summed E-state index contributed by atoms with van der Waals surface area (Å²) in [4.78, 5) is 0. The highest BCUT2D eigenvalue weighted by atomic mass is 79.9. The van der Waals surface area contributed by atoms with Gasteiger partial charge >= 0.3 is 0 Å². The molecule has 1 rings (SSSR count). The van der Waals surface area contributed by atoms with Gasteiger partial charge in [-0.3, -0.25) is 0 Å². The number of rotatable bonds is 7. The molecule has 0 aliphatic heterocycles. The average Bonchev–Trinajstić information content (AvgIpc) is 2.39. The van der Waals surface area contributed by atoms with Crippen LogP contribution in [0.4, 0.5) is 0 Å². The molecule has 2 nitrogen and oxygen atoms in total. The zero-order chi connectivity index (χ0) is 13.5. The summed E-state index contributed by atoms with van der Waals surface area (Å²) in [5.41, 5.74) is 1.29. The molecule has 0 amide bonds. The molecular formula is C15H24BrNO. The Bertz CT molecular complexity index is 364. The molecule has 0 saturated heterocycles. The lowest BCUT2D eigenvalue weighted by Crippen LogP contribution is -2.25. The van der Waals surface area contributed by atoms with Crippen LogP contribution in [-0.4, -0.2) is 13.7 Å². The Morgan fingerprint density at radius 2 is 1.94 bits per heavy atom. The van der Waals surface area contributed by atoms with Crippen LogP contribution < -0.4 is 10.1 Å². The molecule has 102 valence electrons. The summed E-state index contributed by atoms with van der Waals surface area (Å²) in [5, 5.41) is 3.60. The number of hydrogen-bond acceptors (Lipinski definition) is 2. The molecule has 1 N–H and O–H groups in total. The minimum Gasteiger partial charge on any atom is -0.496 e. The summed E-state index contributed by atoms with van der Waals surface area (Å²) < 4.78 is 6.26. The minimum absolute atomic E-state index is 0.368. The standard InChI is InChI=1S/C15H24BrNO/c1-5-12(6-2)10-17-11(3)13-7-8-15(18-4)14(16)9-13/h7-9,11-12,17H,5-6,10H2,1-4H3. The SMILES string of the molecule is CCC(CC)CNC(C)c1ccc(OC)c(Br)c1. The zero-order valence-electron chi connectivity index (χ0n) is 11.8. The van der Waals surface area contributed by atoms with Crippen molar-refractivity contribution < 1.29 is 4.74 Å².